The van der Waals surface area contributed by atoms with Gasteiger partial charge in [0.25, 0.3) is 11.8 Å². The zero-order chi connectivity index (χ0) is 28.9. The predicted molar refractivity (Wildman–Crippen MR) is 157 cm³/mol. The second kappa shape index (κ2) is 12.3. The Morgan fingerprint density at radius 1 is 0.976 bits per heavy atom. The summed E-state index contributed by atoms with van der Waals surface area (Å²) in [6.07, 6.45) is 0. The number of carboxylic acid groups (broad SMARTS) is 1. The quantitative estimate of drug-likeness (QED) is 0.180. The summed E-state index contributed by atoms with van der Waals surface area (Å²) in [7, 11) is 2.11. The maximum Gasteiger partial charge on any atom is 0.335 e. The van der Waals surface area contributed by atoms with Crippen LogP contribution in [0.1, 0.15) is 37.4 Å². The first kappa shape index (κ1) is 28.0. The SMILES string of the molecule is Cc1cc(NC(=C2C(=O)Nc3cc(C(=O)O)ccc32)c2ccccc2)ccc1C(=O)NOCCN1CCN(C)CC1. The summed E-state index contributed by atoms with van der Waals surface area (Å²) in [6.45, 7) is 7.01. The lowest BCUT2D eigenvalue weighted by atomic mass is 9.98. The molecule has 0 spiro atoms. The van der Waals surface area contributed by atoms with Crippen molar-refractivity contribution in [2.45, 2.75) is 6.92 Å². The average molecular weight is 556 g/mol. The summed E-state index contributed by atoms with van der Waals surface area (Å²) in [5.41, 5.74) is 7.32. The van der Waals surface area contributed by atoms with E-state index in [0.717, 1.165) is 43.9 Å². The molecule has 3 aromatic rings. The number of hydrogen-bond donors (Lipinski definition) is 4. The molecule has 4 N–H and O–H groups in total. The number of hydrogen-bond acceptors (Lipinski definition) is 7. The number of benzene rings is 3. The Morgan fingerprint density at radius 3 is 2.44 bits per heavy atom. The van der Waals surface area contributed by atoms with Crippen LogP contribution < -0.4 is 16.1 Å². The van der Waals surface area contributed by atoms with Crippen molar-refractivity contribution in [3.63, 3.8) is 0 Å². The fourth-order valence-corrected chi connectivity index (χ4v) is 5.00. The van der Waals surface area contributed by atoms with E-state index in [-0.39, 0.29) is 17.4 Å². The van der Waals surface area contributed by atoms with E-state index in [0.29, 0.717) is 40.4 Å². The molecule has 2 aliphatic rings. The summed E-state index contributed by atoms with van der Waals surface area (Å²) >= 11 is 0. The van der Waals surface area contributed by atoms with Crippen molar-refractivity contribution in [2.75, 3.05) is 57.0 Å². The number of fused-ring (bicyclic) bond motifs is 1. The Kier molecular flexibility index (Phi) is 8.44. The van der Waals surface area contributed by atoms with Gasteiger partial charge in [-0.2, -0.15) is 0 Å². The molecule has 2 heterocycles. The molecule has 0 aliphatic carbocycles. The van der Waals surface area contributed by atoms with Gasteiger partial charge in [-0.3, -0.25) is 19.3 Å². The molecule has 0 aromatic heterocycles. The number of anilines is 2. The van der Waals surface area contributed by atoms with E-state index in [9.17, 15) is 19.5 Å². The number of carbonyl (C=O) groups is 3. The highest BCUT2D eigenvalue weighted by atomic mass is 16.7. The Bertz CT molecular complexity index is 1500. The van der Waals surface area contributed by atoms with Crippen molar-refractivity contribution < 1.29 is 24.3 Å². The lowest BCUT2D eigenvalue weighted by Crippen LogP contribution is -2.45. The topological polar surface area (TPSA) is 123 Å². The standard InChI is InChI=1S/C31H33N5O5/c1-20-18-23(9-11-24(20)29(37)34-41-17-16-36-14-12-35(2)13-15-36)32-28(21-6-4-3-5-7-21)27-25-10-8-22(31(39)40)19-26(25)33-30(27)38/h3-11,18-19,32H,12-17H2,1-2H3,(H,33,38)(H,34,37)(H,39,40). The molecule has 0 bridgehead atoms. The number of amides is 2. The highest BCUT2D eigenvalue weighted by molar-refractivity contribution is 6.37. The van der Waals surface area contributed by atoms with E-state index in [2.05, 4.69) is 33.0 Å². The molecule has 1 fully saturated rings. The molecule has 1 saturated heterocycles. The minimum Gasteiger partial charge on any atom is -0.478 e. The van der Waals surface area contributed by atoms with Gasteiger partial charge < -0.3 is 20.6 Å². The van der Waals surface area contributed by atoms with Gasteiger partial charge in [0, 0.05) is 49.5 Å². The number of aryl methyl sites for hydroxylation is 1. The van der Waals surface area contributed by atoms with Crippen molar-refractivity contribution >= 4 is 40.4 Å². The molecule has 41 heavy (non-hydrogen) atoms. The number of rotatable bonds is 9. The fourth-order valence-electron chi connectivity index (χ4n) is 5.00. The van der Waals surface area contributed by atoms with Crippen LogP contribution in [0.4, 0.5) is 11.4 Å². The van der Waals surface area contributed by atoms with Gasteiger partial charge >= 0.3 is 5.97 Å². The van der Waals surface area contributed by atoms with E-state index in [1.807, 2.05) is 43.3 Å². The number of nitrogens with zero attached hydrogens (tertiary/aromatic N) is 2. The van der Waals surface area contributed by atoms with Gasteiger partial charge in [0.05, 0.1) is 29.1 Å². The van der Waals surface area contributed by atoms with E-state index in [1.54, 1.807) is 18.2 Å². The Morgan fingerprint density at radius 2 is 1.73 bits per heavy atom. The summed E-state index contributed by atoms with van der Waals surface area (Å²) in [5, 5.41) is 15.5. The molecular weight excluding hydrogens is 522 g/mol. The van der Waals surface area contributed by atoms with E-state index < -0.39 is 5.97 Å². The summed E-state index contributed by atoms with van der Waals surface area (Å²) in [6, 6.07) is 19.3. The largest absolute Gasteiger partial charge is 0.478 e. The van der Waals surface area contributed by atoms with Gasteiger partial charge in [-0.15, -0.1) is 0 Å². The molecule has 10 nitrogen and oxygen atoms in total. The normalized spacial score (nSPS) is 16.6. The van der Waals surface area contributed by atoms with Crippen LogP contribution in [0.25, 0.3) is 11.3 Å². The molecule has 0 unspecified atom stereocenters. The van der Waals surface area contributed by atoms with Gasteiger partial charge in [0.15, 0.2) is 0 Å². The van der Waals surface area contributed by atoms with Crippen molar-refractivity contribution in [2.24, 2.45) is 0 Å². The van der Waals surface area contributed by atoms with Crippen molar-refractivity contribution in [1.29, 1.82) is 0 Å². The summed E-state index contributed by atoms with van der Waals surface area (Å²) in [4.78, 5) is 47.4. The molecule has 0 atom stereocenters. The van der Waals surface area contributed by atoms with Crippen molar-refractivity contribution in [1.82, 2.24) is 15.3 Å². The first-order chi connectivity index (χ1) is 19.8. The predicted octanol–water partition coefficient (Wildman–Crippen LogP) is 3.53. The van der Waals surface area contributed by atoms with Crippen LogP contribution in [-0.2, 0) is 9.63 Å². The molecule has 2 aliphatic heterocycles. The Labute approximate surface area is 238 Å². The van der Waals surface area contributed by atoms with Crippen LogP contribution in [0.2, 0.25) is 0 Å². The molecule has 10 heteroatoms. The third-order valence-corrected chi connectivity index (χ3v) is 7.33. The highest BCUT2D eigenvalue weighted by Crippen LogP contribution is 2.38. The van der Waals surface area contributed by atoms with Gasteiger partial charge in [0.1, 0.15) is 0 Å². The van der Waals surface area contributed by atoms with E-state index in [4.69, 9.17) is 4.84 Å². The Hall–Kier alpha value is -4.51. The van der Waals surface area contributed by atoms with Crippen LogP contribution in [0.5, 0.6) is 0 Å². The van der Waals surface area contributed by atoms with Gasteiger partial charge in [0.2, 0.25) is 0 Å². The number of hydroxylamine groups is 1. The van der Waals surface area contributed by atoms with E-state index in [1.165, 1.54) is 12.1 Å². The van der Waals surface area contributed by atoms with Crippen molar-refractivity contribution in [3.8, 4) is 0 Å². The molecular formula is C31H33N5O5. The first-order valence-corrected chi connectivity index (χ1v) is 13.5. The average Bonchev–Trinajstić information content (AvgIpc) is 3.30. The molecule has 3 aromatic carbocycles. The number of nitrogens with one attached hydrogen (secondary N) is 3. The van der Waals surface area contributed by atoms with Crippen LogP contribution in [-0.4, -0.2) is 79.1 Å². The smallest absolute Gasteiger partial charge is 0.335 e. The van der Waals surface area contributed by atoms with Gasteiger partial charge in [-0.1, -0.05) is 36.4 Å². The van der Waals surface area contributed by atoms with Crippen LogP contribution in [0.3, 0.4) is 0 Å². The second-order valence-electron chi connectivity index (χ2n) is 10.2. The maximum atomic E-state index is 13.1. The number of aromatic carboxylic acids is 1. The first-order valence-electron chi connectivity index (χ1n) is 13.5. The number of likely N-dealkylation sites (N-methyl/N-ethyl adjacent to an activating group) is 1. The number of piperazine rings is 1. The number of carbonyl (C=O) groups excluding carboxylic acids is 2. The lowest BCUT2D eigenvalue weighted by molar-refractivity contribution is -0.110. The fraction of sp³-hybridized carbons (Fsp3) is 0.258. The minimum atomic E-state index is -1.07. The number of carboxylic acids is 1. The van der Waals surface area contributed by atoms with Crippen molar-refractivity contribution in [3.05, 3.63) is 94.5 Å². The summed E-state index contributed by atoms with van der Waals surface area (Å²) in [5.74, 6) is -1.73. The third-order valence-electron chi connectivity index (χ3n) is 7.33. The Balaban J connectivity index is 1.33. The minimum absolute atomic E-state index is 0.0901. The third kappa shape index (κ3) is 6.46. The van der Waals surface area contributed by atoms with Crippen LogP contribution >= 0.6 is 0 Å². The van der Waals surface area contributed by atoms with Gasteiger partial charge in [-0.25, -0.2) is 10.3 Å². The highest BCUT2D eigenvalue weighted by Gasteiger charge is 2.29. The monoisotopic (exact) mass is 555 g/mol. The van der Waals surface area contributed by atoms with E-state index >= 15 is 0 Å². The molecule has 0 saturated carbocycles. The zero-order valence-corrected chi connectivity index (χ0v) is 23.1. The summed E-state index contributed by atoms with van der Waals surface area (Å²) < 4.78 is 0. The maximum absolute atomic E-state index is 13.1. The van der Waals surface area contributed by atoms with Crippen LogP contribution in [0.15, 0.2) is 66.7 Å². The molecule has 212 valence electrons. The lowest BCUT2D eigenvalue weighted by Gasteiger charge is -2.32. The zero-order valence-electron chi connectivity index (χ0n) is 23.1. The molecule has 2 amide bonds. The molecule has 5 rings (SSSR count). The second-order valence-corrected chi connectivity index (χ2v) is 10.2. The van der Waals surface area contributed by atoms with Gasteiger partial charge in [-0.05, 0) is 55.4 Å². The molecule has 0 radical (unpaired) electrons. The van der Waals surface area contributed by atoms with Crippen LogP contribution in [0, 0.1) is 6.92 Å².